The Morgan fingerprint density at radius 1 is 1.33 bits per heavy atom. The number of nitrogens with one attached hydrogen (secondary N) is 1. The van der Waals surface area contributed by atoms with E-state index in [0.717, 1.165) is 5.82 Å². The summed E-state index contributed by atoms with van der Waals surface area (Å²) in [5.74, 6) is 0.559. The van der Waals surface area contributed by atoms with Gasteiger partial charge in [0.05, 0.1) is 13.1 Å². The van der Waals surface area contributed by atoms with Crippen LogP contribution in [-0.4, -0.2) is 20.8 Å². The lowest BCUT2D eigenvalue weighted by atomic mass is 10.2. The Labute approximate surface area is 105 Å². The number of benzene rings is 1. The molecular formula is C13H15FN4. The first-order valence-electron chi connectivity index (χ1n) is 6.16. The van der Waals surface area contributed by atoms with Crippen molar-refractivity contribution in [1.82, 2.24) is 20.1 Å². The van der Waals surface area contributed by atoms with Gasteiger partial charge in [-0.15, -0.1) is 0 Å². The number of halogens is 1. The van der Waals surface area contributed by atoms with E-state index < -0.39 is 0 Å². The molecule has 1 aliphatic rings. The molecule has 0 unspecified atom stereocenters. The van der Waals surface area contributed by atoms with E-state index >= 15 is 0 Å². The largest absolute Gasteiger partial charge is 0.307 e. The number of nitrogens with zero attached hydrogens (tertiary/aromatic N) is 3. The summed E-state index contributed by atoms with van der Waals surface area (Å²) >= 11 is 0. The monoisotopic (exact) mass is 246 g/mol. The Morgan fingerprint density at radius 2 is 2.17 bits per heavy atom. The molecule has 94 valence electrons. The number of hydrogen-bond acceptors (Lipinski definition) is 3. The van der Waals surface area contributed by atoms with Crippen molar-refractivity contribution in [2.75, 3.05) is 0 Å². The molecule has 0 saturated heterocycles. The van der Waals surface area contributed by atoms with E-state index in [9.17, 15) is 4.39 Å². The molecular weight excluding hydrogens is 231 g/mol. The molecule has 5 heteroatoms. The van der Waals surface area contributed by atoms with E-state index in [2.05, 4.69) is 15.4 Å². The number of hydrogen-bond donors (Lipinski definition) is 1. The van der Waals surface area contributed by atoms with Crippen LogP contribution in [0.2, 0.25) is 0 Å². The second-order valence-electron chi connectivity index (χ2n) is 4.60. The molecule has 1 saturated carbocycles. The Balaban J connectivity index is 1.63. The van der Waals surface area contributed by atoms with Crippen molar-refractivity contribution >= 4 is 0 Å². The highest BCUT2D eigenvalue weighted by molar-refractivity contribution is 5.17. The molecule has 0 atom stereocenters. The quantitative estimate of drug-likeness (QED) is 0.873. The van der Waals surface area contributed by atoms with Crippen molar-refractivity contribution in [1.29, 1.82) is 0 Å². The summed E-state index contributed by atoms with van der Waals surface area (Å²) in [6, 6.07) is 7.38. The van der Waals surface area contributed by atoms with Crippen molar-refractivity contribution < 1.29 is 4.39 Å². The zero-order chi connectivity index (χ0) is 12.4. The van der Waals surface area contributed by atoms with E-state index in [-0.39, 0.29) is 5.82 Å². The predicted octanol–water partition coefficient (Wildman–Crippen LogP) is 1.72. The third-order valence-corrected chi connectivity index (χ3v) is 3.00. The summed E-state index contributed by atoms with van der Waals surface area (Å²) in [6.45, 7) is 1.11. The van der Waals surface area contributed by atoms with E-state index in [1.165, 1.54) is 18.9 Å². The third-order valence-electron chi connectivity index (χ3n) is 3.00. The maximum atomic E-state index is 13.5. The summed E-state index contributed by atoms with van der Waals surface area (Å²) in [7, 11) is 0. The topological polar surface area (TPSA) is 42.7 Å². The molecule has 1 aliphatic carbocycles. The highest BCUT2D eigenvalue weighted by atomic mass is 19.1. The van der Waals surface area contributed by atoms with Crippen LogP contribution in [0.25, 0.3) is 0 Å². The van der Waals surface area contributed by atoms with Gasteiger partial charge in [0, 0.05) is 11.6 Å². The van der Waals surface area contributed by atoms with Gasteiger partial charge < -0.3 is 5.32 Å². The molecule has 18 heavy (non-hydrogen) atoms. The van der Waals surface area contributed by atoms with Crippen LogP contribution in [0, 0.1) is 5.82 Å². The molecule has 0 amide bonds. The first kappa shape index (κ1) is 11.3. The van der Waals surface area contributed by atoms with Crippen LogP contribution >= 0.6 is 0 Å². The van der Waals surface area contributed by atoms with E-state index in [4.69, 9.17) is 0 Å². The van der Waals surface area contributed by atoms with Crippen LogP contribution in [0.4, 0.5) is 4.39 Å². The minimum atomic E-state index is -0.203. The maximum absolute atomic E-state index is 13.5. The normalized spacial score (nSPS) is 14.9. The van der Waals surface area contributed by atoms with Gasteiger partial charge in [0.1, 0.15) is 12.1 Å². The zero-order valence-corrected chi connectivity index (χ0v) is 10.0. The van der Waals surface area contributed by atoms with E-state index in [1.807, 2.05) is 6.07 Å². The molecule has 1 heterocycles. The lowest BCUT2D eigenvalue weighted by molar-refractivity contribution is 0.578. The van der Waals surface area contributed by atoms with Gasteiger partial charge in [-0.1, -0.05) is 18.2 Å². The van der Waals surface area contributed by atoms with Gasteiger partial charge in [-0.3, -0.25) is 0 Å². The SMILES string of the molecule is Fc1ccccc1Cn1cnc(CNC2CC2)n1. The molecule has 1 N–H and O–H groups in total. The van der Waals surface area contributed by atoms with Gasteiger partial charge in [-0.05, 0) is 18.9 Å². The Morgan fingerprint density at radius 3 is 2.94 bits per heavy atom. The average molecular weight is 246 g/mol. The van der Waals surface area contributed by atoms with Crippen molar-refractivity contribution in [3.05, 3.63) is 47.8 Å². The second kappa shape index (κ2) is 4.86. The fourth-order valence-corrected chi connectivity index (χ4v) is 1.81. The lowest BCUT2D eigenvalue weighted by Crippen LogP contribution is -2.16. The van der Waals surface area contributed by atoms with Crippen molar-refractivity contribution in [2.45, 2.75) is 32.0 Å². The van der Waals surface area contributed by atoms with Crippen LogP contribution in [-0.2, 0) is 13.1 Å². The van der Waals surface area contributed by atoms with Gasteiger partial charge in [0.15, 0.2) is 5.82 Å². The molecule has 4 nitrogen and oxygen atoms in total. The summed E-state index contributed by atoms with van der Waals surface area (Å²) in [5.41, 5.74) is 0.629. The standard InChI is InChI=1S/C13H15FN4/c14-12-4-2-1-3-10(12)8-18-9-16-13(17-18)7-15-11-5-6-11/h1-4,9,11,15H,5-8H2. The van der Waals surface area contributed by atoms with Crippen LogP contribution in [0.5, 0.6) is 0 Å². The first-order chi connectivity index (χ1) is 8.81. The smallest absolute Gasteiger partial charge is 0.164 e. The van der Waals surface area contributed by atoms with Crippen LogP contribution in [0.15, 0.2) is 30.6 Å². The van der Waals surface area contributed by atoms with Crippen molar-refractivity contribution in [3.8, 4) is 0 Å². The van der Waals surface area contributed by atoms with Gasteiger partial charge in [-0.2, -0.15) is 5.10 Å². The maximum Gasteiger partial charge on any atom is 0.164 e. The average Bonchev–Trinajstić information content (AvgIpc) is 3.10. The molecule has 2 aromatic rings. The fourth-order valence-electron chi connectivity index (χ4n) is 1.81. The Hall–Kier alpha value is -1.75. The minimum Gasteiger partial charge on any atom is -0.307 e. The van der Waals surface area contributed by atoms with Crippen molar-refractivity contribution in [2.24, 2.45) is 0 Å². The first-order valence-corrected chi connectivity index (χ1v) is 6.16. The van der Waals surface area contributed by atoms with Gasteiger partial charge in [-0.25, -0.2) is 14.1 Å². The van der Waals surface area contributed by atoms with Crippen LogP contribution < -0.4 is 5.32 Å². The molecule has 1 fully saturated rings. The van der Waals surface area contributed by atoms with Gasteiger partial charge >= 0.3 is 0 Å². The Kier molecular flexibility index (Phi) is 3.06. The molecule has 1 aromatic heterocycles. The van der Waals surface area contributed by atoms with E-state index in [0.29, 0.717) is 24.7 Å². The highest BCUT2D eigenvalue weighted by Crippen LogP contribution is 2.18. The molecule has 0 spiro atoms. The second-order valence-corrected chi connectivity index (χ2v) is 4.60. The van der Waals surface area contributed by atoms with Crippen LogP contribution in [0.1, 0.15) is 24.2 Å². The zero-order valence-electron chi connectivity index (χ0n) is 10.0. The van der Waals surface area contributed by atoms with E-state index in [1.54, 1.807) is 23.1 Å². The number of rotatable bonds is 5. The highest BCUT2D eigenvalue weighted by Gasteiger charge is 2.20. The summed E-state index contributed by atoms with van der Waals surface area (Å²) in [4.78, 5) is 4.21. The van der Waals surface area contributed by atoms with Crippen molar-refractivity contribution in [3.63, 3.8) is 0 Å². The fraction of sp³-hybridized carbons (Fsp3) is 0.385. The van der Waals surface area contributed by atoms with Gasteiger partial charge in [0.2, 0.25) is 0 Å². The summed E-state index contributed by atoms with van der Waals surface area (Å²) in [5, 5.41) is 7.67. The minimum absolute atomic E-state index is 0.203. The predicted molar refractivity (Wildman–Crippen MR) is 65.4 cm³/mol. The summed E-state index contributed by atoms with van der Waals surface area (Å²) in [6.07, 6.45) is 4.14. The molecule has 0 bridgehead atoms. The summed E-state index contributed by atoms with van der Waals surface area (Å²) < 4.78 is 15.1. The molecule has 3 rings (SSSR count). The Bertz CT molecular complexity index is 533. The third kappa shape index (κ3) is 2.73. The lowest BCUT2D eigenvalue weighted by Gasteiger charge is -2.02. The number of aromatic nitrogens is 3. The van der Waals surface area contributed by atoms with Gasteiger partial charge in [0.25, 0.3) is 0 Å². The molecule has 0 radical (unpaired) electrons. The van der Waals surface area contributed by atoms with Crippen LogP contribution in [0.3, 0.4) is 0 Å². The molecule has 0 aliphatic heterocycles. The molecule has 1 aromatic carbocycles.